The Balaban J connectivity index is 1.55. The third-order valence-corrected chi connectivity index (χ3v) is 7.10. The summed E-state index contributed by atoms with van der Waals surface area (Å²) in [4.78, 5) is 12.2. The number of nitrogens with two attached hydrogens (primary N) is 1. The van der Waals surface area contributed by atoms with Gasteiger partial charge in [0, 0.05) is 23.4 Å². The number of carbonyl (C=O) groups is 1. The van der Waals surface area contributed by atoms with Gasteiger partial charge in [-0.25, -0.2) is 4.52 Å². The Morgan fingerprint density at radius 3 is 2.56 bits per heavy atom. The van der Waals surface area contributed by atoms with E-state index in [4.69, 9.17) is 5.73 Å². The van der Waals surface area contributed by atoms with Gasteiger partial charge < -0.3 is 11.1 Å². The Bertz CT molecular complexity index is 1270. The molecule has 2 atom stereocenters. The van der Waals surface area contributed by atoms with Gasteiger partial charge in [0.05, 0.1) is 23.0 Å². The van der Waals surface area contributed by atoms with Gasteiger partial charge in [-0.05, 0) is 41.0 Å². The topological polar surface area (TPSA) is 127 Å². The second-order valence-corrected chi connectivity index (χ2v) is 9.17. The number of anilines is 1. The van der Waals surface area contributed by atoms with Crippen LogP contribution >= 0.6 is 0 Å². The first kappa shape index (κ1) is 20.2. The highest BCUT2D eigenvalue weighted by Crippen LogP contribution is 2.44. The number of amides is 1. The molecular weight excluding hydrogens is 404 g/mol. The fraction of sp³-hybridized carbons (Fsp3) is 0.348. The van der Waals surface area contributed by atoms with E-state index in [1.165, 1.54) is 0 Å². The lowest BCUT2D eigenvalue weighted by molar-refractivity contribution is 0.100. The Hall–Kier alpha value is -3.75. The predicted molar refractivity (Wildman–Crippen MR) is 122 cm³/mol. The molecule has 32 heavy (non-hydrogen) atoms. The van der Waals surface area contributed by atoms with Crippen molar-refractivity contribution in [2.45, 2.75) is 39.7 Å². The van der Waals surface area contributed by atoms with Crippen molar-refractivity contribution in [2.24, 2.45) is 17.1 Å². The maximum atomic E-state index is 12.2. The number of carbonyl (C=O) groups excluding carboxylic acids is 1. The van der Waals surface area contributed by atoms with Crippen LogP contribution in [0.5, 0.6) is 0 Å². The number of nitrogens with one attached hydrogen (secondary N) is 2. The Labute approximate surface area is 185 Å². The van der Waals surface area contributed by atoms with Crippen LogP contribution in [0.4, 0.5) is 5.69 Å². The molecule has 1 aliphatic rings. The number of primary amides is 1. The summed E-state index contributed by atoms with van der Waals surface area (Å²) in [5.74, 6) is 0.653. The number of hydrogen-bond acceptors (Lipinski definition) is 6. The van der Waals surface area contributed by atoms with E-state index in [2.05, 4.69) is 51.8 Å². The monoisotopic (exact) mass is 430 g/mol. The molecule has 0 bridgehead atoms. The minimum Gasteiger partial charge on any atom is -0.379 e. The van der Waals surface area contributed by atoms with Gasteiger partial charge >= 0.3 is 0 Å². The van der Waals surface area contributed by atoms with Gasteiger partial charge in [-0.15, -0.1) is 10.2 Å². The molecule has 9 heteroatoms. The van der Waals surface area contributed by atoms with Gasteiger partial charge in [0.1, 0.15) is 0 Å². The first-order chi connectivity index (χ1) is 15.3. The molecule has 5 rings (SSSR count). The molecule has 0 radical (unpaired) electrons. The number of fused-ring (bicyclic) bond motifs is 1. The van der Waals surface area contributed by atoms with Crippen LogP contribution < -0.4 is 11.1 Å². The number of nitrogens with zero attached hydrogens (tertiary/aromatic N) is 5. The number of benzene rings is 1. The van der Waals surface area contributed by atoms with Crippen molar-refractivity contribution >= 4 is 17.1 Å². The van der Waals surface area contributed by atoms with Gasteiger partial charge in [-0.2, -0.15) is 10.3 Å². The van der Waals surface area contributed by atoms with Gasteiger partial charge in [-0.1, -0.05) is 45.0 Å². The maximum absolute atomic E-state index is 12.2. The molecule has 164 valence electrons. The van der Waals surface area contributed by atoms with Crippen LogP contribution in [0.1, 0.15) is 44.0 Å². The SMILES string of the molecule is CC1CC[C@@H](Nc2c(C(N)=O)cnn3cc(-c4ccc(-c5nn[nH]n5)cc4)cc23)C1(C)C. The lowest BCUT2D eigenvalue weighted by atomic mass is 9.80. The highest BCUT2D eigenvalue weighted by atomic mass is 16.1. The lowest BCUT2D eigenvalue weighted by Crippen LogP contribution is -2.35. The predicted octanol–water partition coefficient (Wildman–Crippen LogP) is 3.52. The average Bonchev–Trinajstić information content (AvgIpc) is 3.50. The molecule has 4 N–H and O–H groups in total. The molecule has 1 aromatic carbocycles. The van der Waals surface area contributed by atoms with E-state index in [1.807, 2.05) is 36.5 Å². The van der Waals surface area contributed by atoms with E-state index in [0.717, 1.165) is 40.7 Å². The molecule has 1 saturated carbocycles. The van der Waals surface area contributed by atoms with Crippen molar-refractivity contribution in [1.82, 2.24) is 30.2 Å². The highest BCUT2D eigenvalue weighted by Gasteiger charge is 2.41. The molecule has 9 nitrogen and oxygen atoms in total. The van der Waals surface area contributed by atoms with Crippen LogP contribution in [0.25, 0.3) is 28.0 Å². The zero-order chi connectivity index (χ0) is 22.5. The molecule has 0 spiro atoms. The average molecular weight is 431 g/mol. The summed E-state index contributed by atoms with van der Waals surface area (Å²) in [5, 5.41) is 22.2. The van der Waals surface area contributed by atoms with Crippen molar-refractivity contribution in [3.05, 3.63) is 48.3 Å². The standard InChI is InChI=1S/C23H26N8O/c1-13-4-9-19(23(13,2)3)26-20-17(21(24)32)11-25-31-12-16(10-18(20)31)14-5-7-15(8-6-14)22-27-29-30-28-22/h5-8,10-13,19,26H,4,9H2,1-3H3,(H2,24,32)(H,27,28,29,30)/t13?,19-/m1/s1. The van der Waals surface area contributed by atoms with Crippen LogP contribution in [-0.4, -0.2) is 42.2 Å². The van der Waals surface area contributed by atoms with E-state index in [0.29, 0.717) is 17.3 Å². The number of H-pyrrole nitrogens is 1. The highest BCUT2D eigenvalue weighted by molar-refractivity contribution is 6.02. The second kappa shape index (κ2) is 7.44. The summed E-state index contributed by atoms with van der Waals surface area (Å²) in [6, 6.07) is 10.2. The second-order valence-electron chi connectivity index (χ2n) is 9.17. The van der Waals surface area contributed by atoms with Crippen LogP contribution in [0, 0.1) is 11.3 Å². The summed E-state index contributed by atoms with van der Waals surface area (Å²) in [5.41, 5.74) is 10.7. The summed E-state index contributed by atoms with van der Waals surface area (Å²) in [7, 11) is 0. The Morgan fingerprint density at radius 2 is 1.94 bits per heavy atom. The van der Waals surface area contributed by atoms with Crippen LogP contribution in [0.2, 0.25) is 0 Å². The third kappa shape index (κ3) is 3.30. The van der Waals surface area contributed by atoms with E-state index in [1.54, 1.807) is 10.7 Å². The fourth-order valence-electron chi connectivity index (χ4n) is 4.59. The number of aromatic amines is 1. The van der Waals surface area contributed by atoms with Crippen molar-refractivity contribution in [2.75, 3.05) is 5.32 Å². The van der Waals surface area contributed by atoms with Gasteiger partial charge in [0.2, 0.25) is 5.82 Å². The zero-order valence-corrected chi connectivity index (χ0v) is 18.3. The summed E-state index contributed by atoms with van der Waals surface area (Å²) < 4.78 is 1.79. The first-order valence-corrected chi connectivity index (χ1v) is 10.8. The van der Waals surface area contributed by atoms with Crippen LogP contribution in [-0.2, 0) is 0 Å². The van der Waals surface area contributed by atoms with Crippen LogP contribution in [0.3, 0.4) is 0 Å². The Morgan fingerprint density at radius 1 is 1.19 bits per heavy atom. The van der Waals surface area contributed by atoms with Gasteiger partial charge in [-0.3, -0.25) is 4.79 Å². The van der Waals surface area contributed by atoms with Crippen molar-refractivity contribution in [1.29, 1.82) is 0 Å². The molecule has 3 heterocycles. The minimum atomic E-state index is -0.487. The number of aromatic nitrogens is 6. The lowest BCUT2D eigenvalue weighted by Gasteiger charge is -2.33. The first-order valence-electron chi connectivity index (χ1n) is 10.8. The van der Waals surface area contributed by atoms with Gasteiger partial charge in [0.25, 0.3) is 5.91 Å². The van der Waals surface area contributed by atoms with E-state index in [9.17, 15) is 4.79 Å². The smallest absolute Gasteiger partial charge is 0.252 e. The summed E-state index contributed by atoms with van der Waals surface area (Å²) in [6.45, 7) is 6.84. The van der Waals surface area contributed by atoms with Crippen molar-refractivity contribution < 1.29 is 4.79 Å². The van der Waals surface area contributed by atoms with Crippen LogP contribution in [0.15, 0.2) is 42.7 Å². The maximum Gasteiger partial charge on any atom is 0.252 e. The minimum absolute atomic E-state index is 0.107. The van der Waals surface area contributed by atoms with E-state index in [-0.39, 0.29) is 11.5 Å². The molecular formula is C23H26N8O. The molecule has 4 aromatic rings. The van der Waals surface area contributed by atoms with E-state index < -0.39 is 5.91 Å². The largest absolute Gasteiger partial charge is 0.379 e. The summed E-state index contributed by atoms with van der Waals surface area (Å²) in [6.07, 6.45) is 5.70. The van der Waals surface area contributed by atoms with E-state index >= 15 is 0 Å². The van der Waals surface area contributed by atoms with Gasteiger partial charge in [0.15, 0.2) is 0 Å². The number of tetrazole rings is 1. The number of rotatable bonds is 5. The third-order valence-electron chi connectivity index (χ3n) is 7.10. The van der Waals surface area contributed by atoms with Crippen molar-refractivity contribution in [3.63, 3.8) is 0 Å². The molecule has 1 fully saturated rings. The molecule has 0 aliphatic heterocycles. The molecule has 1 aliphatic carbocycles. The molecule has 1 unspecified atom stereocenters. The van der Waals surface area contributed by atoms with Crippen molar-refractivity contribution in [3.8, 4) is 22.5 Å². The zero-order valence-electron chi connectivity index (χ0n) is 18.3. The molecule has 0 saturated heterocycles. The summed E-state index contributed by atoms with van der Waals surface area (Å²) >= 11 is 0. The molecule has 3 aromatic heterocycles. The number of hydrogen-bond donors (Lipinski definition) is 3. The normalized spacial score (nSPS) is 20.0. The Kier molecular flexibility index (Phi) is 4.69. The fourth-order valence-corrected chi connectivity index (χ4v) is 4.59. The quantitative estimate of drug-likeness (QED) is 0.445. The molecule has 1 amide bonds.